The van der Waals surface area contributed by atoms with Crippen LogP contribution in [0.2, 0.25) is 0 Å². The number of ether oxygens (including phenoxy) is 2. The van der Waals surface area contributed by atoms with Gasteiger partial charge in [0.2, 0.25) is 5.69 Å². The second-order valence-corrected chi connectivity index (χ2v) is 13.1. The largest absolute Gasteiger partial charge is 0.383 e. The van der Waals surface area contributed by atoms with Crippen molar-refractivity contribution in [3.05, 3.63) is 95.7 Å². The number of rotatable bonds is 8. The molecule has 2 spiro atoms. The monoisotopic (exact) mass is 575 g/mol. The lowest BCUT2D eigenvalue weighted by Crippen LogP contribution is -2.37. The van der Waals surface area contributed by atoms with Crippen LogP contribution in [0.5, 0.6) is 0 Å². The fourth-order valence-corrected chi connectivity index (χ4v) is 9.06. The molecule has 0 atom stereocenters. The summed E-state index contributed by atoms with van der Waals surface area (Å²) in [7, 11) is 3.64. The van der Waals surface area contributed by atoms with Crippen molar-refractivity contribution in [1.29, 1.82) is 0 Å². The molecule has 0 radical (unpaired) electrons. The number of benzene rings is 3. The zero-order valence-electron chi connectivity index (χ0n) is 26.1. The van der Waals surface area contributed by atoms with E-state index in [2.05, 4.69) is 88.4 Å². The Morgan fingerprint density at radius 1 is 0.767 bits per heavy atom. The third kappa shape index (κ3) is 4.69. The minimum Gasteiger partial charge on any atom is -0.383 e. The summed E-state index contributed by atoms with van der Waals surface area (Å²) >= 11 is 0. The molecule has 2 saturated carbocycles. The van der Waals surface area contributed by atoms with Crippen LogP contribution in [-0.4, -0.2) is 50.8 Å². The topological polar surface area (TPSA) is 24.7 Å². The summed E-state index contributed by atoms with van der Waals surface area (Å²) in [6, 6.07) is 22.9. The van der Waals surface area contributed by atoms with E-state index in [1.165, 1.54) is 103 Å². The lowest BCUT2D eigenvalue weighted by Gasteiger charge is -2.37. The van der Waals surface area contributed by atoms with E-state index in [-0.39, 0.29) is 10.8 Å². The molecule has 2 aliphatic heterocycles. The number of fused-ring (bicyclic) bond motifs is 6. The number of methoxy groups -OCH3 is 2. The Kier molecular flexibility index (Phi) is 8.00. The molecule has 0 amide bonds. The Labute approximate surface area is 257 Å². The minimum atomic E-state index is 0.0497. The van der Waals surface area contributed by atoms with Gasteiger partial charge in [-0.25, -0.2) is 0 Å². The fraction of sp³-hybridized carbons (Fsp3) is 0.462. The zero-order chi connectivity index (χ0) is 29.3. The molecule has 4 heteroatoms. The van der Waals surface area contributed by atoms with Gasteiger partial charge < -0.3 is 14.4 Å². The first-order chi connectivity index (χ1) is 21.2. The second-order valence-electron chi connectivity index (χ2n) is 13.1. The van der Waals surface area contributed by atoms with Gasteiger partial charge in [-0.05, 0) is 54.2 Å². The average Bonchev–Trinajstić information content (AvgIpc) is 3.45. The maximum atomic E-state index is 5.67. The first kappa shape index (κ1) is 28.6. The summed E-state index contributed by atoms with van der Waals surface area (Å²) in [6.45, 7) is 3.19. The Morgan fingerprint density at radius 2 is 1.47 bits per heavy atom. The molecule has 3 aromatic carbocycles. The van der Waals surface area contributed by atoms with Crippen LogP contribution in [-0.2, 0) is 20.3 Å². The number of allylic oxidation sites excluding steroid dienone is 4. The highest BCUT2D eigenvalue weighted by Crippen LogP contribution is 2.57. The normalized spacial score (nSPS) is 21.5. The van der Waals surface area contributed by atoms with Crippen LogP contribution < -0.4 is 4.90 Å². The van der Waals surface area contributed by atoms with Crippen molar-refractivity contribution in [2.45, 2.75) is 75.0 Å². The molecule has 43 heavy (non-hydrogen) atoms. The predicted molar refractivity (Wildman–Crippen MR) is 178 cm³/mol. The summed E-state index contributed by atoms with van der Waals surface area (Å²) in [5, 5.41) is 2.77. The third-order valence-corrected chi connectivity index (χ3v) is 10.9. The maximum absolute atomic E-state index is 5.67. The molecule has 4 aliphatic rings. The molecule has 0 bridgehead atoms. The molecule has 0 unspecified atom stereocenters. The molecule has 2 heterocycles. The molecular formula is C39H47N2O2+. The van der Waals surface area contributed by atoms with E-state index in [1.54, 1.807) is 5.56 Å². The molecule has 2 fully saturated rings. The molecule has 224 valence electrons. The van der Waals surface area contributed by atoms with Gasteiger partial charge in [0.25, 0.3) is 0 Å². The van der Waals surface area contributed by atoms with E-state index >= 15 is 0 Å². The van der Waals surface area contributed by atoms with Crippen LogP contribution in [0.25, 0.3) is 10.8 Å². The minimum absolute atomic E-state index is 0.0497. The SMILES string of the molecule is COCCN1/C(=C/C=C/C2=[N+](CCOC)c3ccccc3C23CCCCC3)C2(CCCCC2)c2c1ccc1ccccc21. The van der Waals surface area contributed by atoms with Gasteiger partial charge in [0.05, 0.1) is 12.0 Å². The van der Waals surface area contributed by atoms with E-state index in [4.69, 9.17) is 9.47 Å². The van der Waals surface area contributed by atoms with E-state index in [9.17, 15) is 0 Å². The summed E-state index contributed by atoms with van der Waals surface area (Å²) in [4.78, 5) is 2.59. The highest BCUT2D eigenvalue weighted by molar-refractivity contribution is 6.04. The van der Waals surface area contributed by atoms with Crippen LogP contribution in [0, 0.1) is 0 Å². The summed E-state index contributed by atoms with van der Waals surface area (Å²) in [5.74, 6) is 0. The molecule has 0 saturated heterocycles. The Morgan fingerprint density at radius 3 is 2.23 bits per heavy atom. The highest BCUT2D eigenvalue weighted by Gasteiger charge is 2.51. The van der Waals surface area contributed by atoms with Gasteiger partial charge in [-0.1, -0.05) is 93.1 Å². The molecule has 3 aromatic rings. The molecule has 0 N–H and O–H groups in total. The van der Waals surface area contributed by atoms with Crippen molar-refractivity contribution >= 4 is 27.9 Å². The number of nitrogens with zero attached hydrogens (tertiary/aromatic N) is 2. The van der Waals surface area contributed by atoms with Gasteiger partial charge in [0, 0.05) is 55.3 Å². The fourth-order valence-electron chi connectivity index (χ4n) is 9.06. The van der Waals surface area contributed by atoms with Crippen LogP contribution in [0.4, 0.5) is 11.4 Å². The standard InChI is InChI=1S/C39H47N2O2/c1-42-28-26-40-33-17-8-7-16-32(33)38(22-9-3-10-23-38)35(40)18-13-19-36-39(24-11-4-12-25-39)37-31-15-6-5-14-30(31)20-21-34(37)41(36)27-29-43-2/h5-8,13-21H,3-4,9-12,22-29H2,1-2H3/q+1. The van der Waals surface area contributed by atoms with E-state index in [1.807, 2.05) is 14.2 Å². The van der Waals surface area contributed by atoms with Crippen molar-refractivity contribution in [2.75, 3.05) is 45.4 Å². The first-order valence-electron chi connectivity index (χ1n) is 16.6. The Balaban J connectivity index is 1.37. The molecule has 4 nitrogen and oxygen atoms in total. The molecule has 0 aromatic heterocycles. The van der Waals surface area contributed by atoms with Crippen molar-refractivity contribution in [1.82, 2.24) is 0 Å². The Hall–Kier alpha value is -3.21. The van der Waals surface area contributed by atoms with Crippen molar-refractivity contribution < 1.29 is 14.0 Å². The number of anilines is 1. The second kappa shape index (κ2) is 12.1. The van der Waals surface area contributed by atoms with Crippen LogP contribution in [0.15, 0.2) is 84.6 Å². The number of para-hydroxylation sites is 1. The molecule has 2 aliphatic carbocycles. The van der Waals surface area contributed by atoms with Gasteiger partial charge in [-0.3, -0.25) is 0 Å². The van der Waals surface area contributed by atoms with Crippen LogP contribution in [0.1, 0.15) is 75.3 Å². The number of hydrogen-bond acceptors (Lipinski definition) is 3. The quantitative estimate of drug-likeness (QED) is 0.252. The van der Waals surface area contributed by atoms with Crippen LogP contribution >= 0.6 is 0 Å². The van der Waals surface area contributed by atoms with Gasteiger partial charge >= 0.3 is 0 Å². The van der Waals surface area contributed by atoms with Crippen molar-refractivity contribution in [3.8, 4) is 0 Å². The molecule has 7 rings (SSSR count). The first-order valence-corrected chi connectivity index (χ1v) is 16.6. The summed E-state index contributed by atoms with van der Waals surface area (Å²) in [5.41, 5.74) is 8.89. The zero-order valence-corrected chi connectivity index (χ0v) is 26.1. The third-order valence-electron chi connectivity index (χ3n) is 10.9. The van der Waals surface area contributed by atoms with Gasteiger partial charge in [0.1, 0.15) is 6.61 Å². The highest BCUT2D eigenvalue weighted by atomic mass is 16.5. The van der Waals surface area contributed by atoms with Gasteiger partial charge in [0.15, 0.2) is 12.3 Å². The lowest BCUT2D eigenvalue weighted by molar-refractivity contribution is -0.441. The molecular weight excluding hydrogens is 528 g/mol. The average molecular weight is 576 g/mol. The predicted octanol–water partition coefficient (Wildman–Crippen LogP) is 8.60. The van der Waals surface area contributed by atoms with Crippen molar-refractivity contribution in [2.24, 2.45) is 0 Å². The van der Waals surface area contributed by atoms with Crippen molar-refractivity contribution in [3.63, 3.8) is 0 Å². The summed E-state index contributed by atoms with van der Waals surface area (Å²) < 4.78 is 13.9. The van der Waals surface area contributed by atoms with Gasteiger partial charge in [-0.2, -0.15) is 4.58 Å². The van der Waals surface area contributed by atoms with E-state index in [0.29, 0.717) is 6.61 Å². The van der Waals surface area contributed by atoms with Gasteiger partial charge in [-0.15, -0.1) is 0 Å². The number of hydrogen-bond donors (Lipinski definition) is 0. The summed E-state index contributed by atoms with van der Waals surface area (Å²) in [6.07, 6.45) is 20.0. The van der Waals surface area contributed by atoms with Crippen LogP contribution in [0.3, 0.4) is 0 Å². The lowest BCUT2D eigenvalue weighted by atomic mass is 9.67. The maximum Gasteiger partial charge on any atom is 0.209 e. The smallest absolute Gasteiger partial charge is 0.209 e. The Bertz CT molecular complexity index is 1570. The van der Waals surface area contributed by atoms with E-state index in [0.717, 1.165) is 19.7 Å². The van der Waals surface area contributed by atoms with E-state index < -0.39 is 0 Å².